The summed E-state index contributed by atoms with van der Waals surface area (Å²) in [5, 5.41) is 9.39. The molecular weight excluding hydrogens is 252 g/mol. The molecule has 4 nitrogen and oxygen atoms in total. The minimum atomic E-state index is -0.501. The van der Waals surface area contributed by atoms with Crippen molar-refractivity contribution in [2.24, 2.45) is 5.73 Å². The van der Waals surface area contributed by atoms with Crippen LogP contribution in [-0.4, -0.2) is 35.1 Å². The maximum atomic E-state index is 11.5. The van der Waals surface area contributed by atoms with Gasteiger partial charge in [0.05, 0.1) is 12.5 Å². The molecule has 3 N–H and O–H groups in total. The summed E-state index contributed by atoms with van der Waals surface area (Å²) in [6.07, 6.45) is 0.631. The maximum Gasteiger partial charge on any atom is 0.225 e. The van der Waals surface area contributed by atoms with Gasteiger partial charge < -0.3 is 15.7 Å². The van der Waals surface area contributed by atoms with Crippen molar-refractivity contribution < 1.29 is 9.90 Å². The first-order valence-electron chi connectivity index (χ1n) is 5.93. The van der Waals surface area contributed by atoms with E-state index in [0.29, 0.717) is 19.6 Å². The van der Waals surface area contributed by atoms with Gasteiger partial charge in [-0.15, -0.1) is 12.4 Å². The number of aliphatic hydroxyl groups excluding tert-OH is 1. The number of hydrogen-bond donors (Lipinski definition) is 2. The number of carbonyl (C=O) groups excluding carboxylic acids is 1. The zero-order chi connectivity index (χ0) is 12.3. The van der Waals surface area contributed by atoms with Crippen LogP contribution in [-0.2, 0) is 17.8 Å². The molecule has 1 aliphatic rings. The van der Waals surface area contributed by atoms with Crippen molar-refractivity contribution in [1.29, 1.82) is 0 Å². The maximum absolute atomic E-state index is 11.5. The molecule has 1 fully saturated rings. The van der Waals surface area contributed by atoms with E-state index in [1.807, 2.05) is 24.3 Å². The number of halogens is 1. The predicted molar refractivity (Wildman–Crippen MR) is 72.5 cm³/mol. The van der Waals surface area contributed by atoms with Crippen molar-refractivity contribution in [3.63, 3.8) is 0 Å². The van der Waals surface area contributed by atoms with Crippen LogP contribution < -0.4 is 5.73 Å². The van der Waals surface area contributed by atoms with Gasteiger partial charge in [0.25, 0.3) is 0 Å². The standard InChI is InChI=1S/C13H18N2O2.ClH/c14-6-5-10-1-3-11(4-2-10)8-15-9-12(16)7-13(15)17;/h1-4,12,16H,5-9,14H2;1H/t12-;/m1./s1. The van der Waals surface area contributed by atoms with Crippen molar-refractivity contribution in [2.75, 3.05) is 13.1 Å². The van der Waals surface area contributed by atoms with Gasteiger partial charge in [-0.05, 0) is 24.1 Å². The number of β-amino-alcohol motifs (C(OH)–C–C–N with tert-alkyl or cyclic N) is 1. The lowest BCUT2D eigenvalue weighted by molar-refractivity contribution is -0.128. The number of hydrogen-bond acceptors (Lipinski definition) is 3. The average molecular weight is 271 g/mol. The molecule has 1 atom stereocenters. The van der Waals surface area contributed by atoms with Crippen molar-refractivity contribution in [3.8, 4) is 0 Å². The number of benzene rings is 1. The highest BCUT2D eigenvalue weighted by atomic mass is 35.5. The topological polar surface area (TPSA) is 66.6 Å². The smallest absolute Gasteiger partial charge is 0.225 e. The highest BCUT2D eigenvalue weighted by Gasteiger charge is 2.27. The van der Waals surface area contributed by atoms with Gasteiger partial charge in [0, 0.05) is 13.1 Å². The quantitative estimate of drug-likeness (QED) is 0.847. The van der Waals surface area contributed by atoms with Crippen LogP contribution in [0.5, 0.6) is 0 Å². The van der Waals surface area contributed by atoms with Crippen molar-refractivity contribution in [1.82, 2.24) is 4.90 Å². The molecule has 2 rings (SSSR count). The zero-order valence-electron chi connectivity index (χ0n) is 10.2. The Bertz CT molecular complexity index is 394. The Hall–Kier alpha value is -1.10. The third-order valence-corrected chi connectivity index (χ3v) is 3.02. The monoisotopic (exact) mass is 270 g/mol. The first kappa shape index (κ1) is 15.0. The minimum absolute atomic E-state index is 0. The second-order valence-electron chi connectivity index (χ2n) is 4.49. The SMILES string of the molecule is Cl.NCCc1ccc(CN2C[C@H](O)CC2=O)cc1. The van der Waals surface area contributed by atoms with E-state index in [9.17, 15) is 9.90 Å². The molecule has 100 valence electrons. The van der Waals surface area contributed by atoms with Crippen LogP contribution in [0.25, 0.3) is 0 Å². The highest BCUT2D eigenvalue weighted by molar-refractivity contribution is 5.85. The van der Waals surface area contributed by atoms with Gasteiger partial charge in [-0.2, -0.15) is 0 Å². The Kier molecular flexibility index (Phi) is 5.59. The summed E-state index contributed by atoms with van der Waals surface area (Å²) in [5.41, 5.74) is 7.79. The molecule has 0 bridgehead atoms. The summed E-state index contributed by atoms with van der Waals surface area (Å²) in [5.74, 6) is 0.0311. The van der Waals surface area contributed by atoms with Crippen LogP contribution in [0, 0.1) is 0 Å². The Labute approximate surface area is 113 Å². The first-order chi connectivity index (χ1) is 8.19. The fourth-order valence-electron chi connectivity index (χ4n) is 2.10. The van der Waals surface area contributed by atoms with E-state index < -0.39 is 6.10 Å². The van der Waals surface area contributed by atoms with Crippen LogP contribution in [0.2, 0.25) is 0 Å². The van der Waals surface area contributed by atoms with Crippen LogP contribution in [0.3, 0.4) is 0 Å². The summed E-state index contributed by atoms with van der Waals surface area (Å²) < 4.78 is 0. The highest BCUT2D eigenvalue weighted by Crippen LogP contribution is 2.15. The molecule has 1 aliphatic heterocycles. The second kappa shape index (κ2) is 6.73. The van der Waals surface area contributed by atoms with Crippen LogP contribution in [0.15, 0.2) is 24.3 Å². The molecule has 0 aliphatic carbocycles. The number of likely N-dealkylation sites (tertiary alicyclic amines) is 1. The van der Waals surface area contributed by atoms with Crippen molar-refractivity contribution >= 4 is 18.3 Å². The lowest BCUT2D eigenvalue weighted by atomic mass is 10.1. The van der Waals surface area contributed by atoms with Crippen molar-refractivity contribution in [3.05, 3.63) is 35.4 Å². The third-order valence-electron chi connectivity index (χ3n) is 3.02. The fraction of sp³-hybridized carbons (Fsp3) is 0.462. The summed E-state index contributed by atoms with van der Waals surface area (Å²) in [4.78, 5) is 13.2. The van der Waals surface area contributed by atoms with Gasteiger partial charge in [-0.3, -0.25) is 4.79 Å². The molecule has 18 heavy (non-hydrogen) atoms. The molecule has 0 saturated carbocycles. The van der Waals surface area contributed by atoms with Crippen LogP contribution >= 0.6 is 12.4 Å². The summed E-state index contributed by atoms with van der Waals surface area (Å²) in [7, 11) is 0. The van der Waals surface area contributed by atoms with Crippen LogP contribution in [0.4, 0.5) is 0 Å². The van der Waals surface area contributed by atoms with E-state index in [2.05, 4.69) is 0 Å². The largest absolute Gasteiger partial charge is 0.391 e. The number of nitrogens with zero attached hydrogens (tertiary/aromatic N) is 1. The minimum Gasteiger partial charge on any atom is -0.391 e. The molecule has 1 heterocycles. The lowest BCUT2D eigenvalue weighted by Gasteiger charge is -2.15. The van der Waals surface area contributed by atoms with E-state index in [1.54, 1.807) is 4.90 Å². The number of rotatable bonds is 4. The lowest BCUT2D eigenvalue weighted by Crippen LogP contribution is -2.25. The Morgan fingerprint density at radius 1 is 1.28 bits per heavy atom. The van der Waals surface area contributed by atoms with Crippen LogP contribution in [0.1, 0.15) is 17.5 Å². The molecule has 1 aromatic carbocycles. The van der Waals surface area contributed by atoms with Gasteiger partial charge >= 0.3 is 0 Å². The predicted octanol–water partition coefficient (Wildman–Crippen LogP) is 0.703. The van der Waals surface area contributed by atoms with E-state index in [4.69, 9.17) is 5.73 Å². The first-order valence-corrected chi connectivity index (χ1v) is 5.93. The molecule has 0 aromatic heterocycles. The van der Waals surface area contributed by atoms with E-state index in [-0.39, 0.29) is 24.7 Å². The van der Waals surface area contributed by atoms with Crippen molar-refractivity contribution in [2.45, 2.75) is 25.5 Å². The Balaban J connectivity index is 0.00000162. The van der Waals surface area contributed by atoms with E-state index >= 15 is 0 Å². The molecule has 5 heteroatoms. The van der Waals surface area contributed by atoms with Gasteiger partial charge in [-0.1, -0.05) is 24.3 Å². The third kappa shape index (κ3) is 3.70. The number of carbonyl (C=O) groups is 1. The molecule has 0 unspecified atom stereocenters. The van der Waals surface area contributed by atoms with Gasteiger partial charge in [0.1, 0.15) is 0 Å². The summed E-state index contributed by atoms with van der Waals surface area (Å²) in [6, 6.07) is 8.12. The molecule has 1 aromatic rings. The Morgan fingerprint density at radius 3 is 2.39 bits per heavy atom. The molecule has 0 spiro atoms. The number of nitrogens with two attached hydrogens (primary N) is 1. The van der Waals surface area contributed by atoms with Gasteiger partial charge in [0.2, 0.25) is 5.91 Å². The van der Waals surface area contributed by atoms with E-state index in [0.717, 1.165) is 12.0 Å². The zero-order valence-corrected chi connectivity index (χ0v) is 11.0. The summed E-state index contributed by atoms with van der Waals surface area (Å²) in [6.45, 7) is 1.68. The Morgan fingerprint density at radius 2 is 1.89 bits per heavy atom. The fourth-order valence-corrected chi connectivity index (χ4v) is 2.10. The van der Waals surface area contributed by atoms with E-state index in [1.165, 1.54) is 5.56 Å². The average Bonchev–Trinajstić information content (AvgIpc) is 2.61. The normalized spacial score (nSPS) is 18.9. The number of aliphatic hydroxyl groups is 1. The summed E-state index contributed by atoms with van der Waals surface area (Å²) >= 11 is 0. The second-order valence-corrected chi connectivity index (χ2v) is 4.49. The molecule has 0 radical (unpaired) electrons. The number of amides is 1. The molecule has 1 saturated heterocycles. The molecular formula is C13H19ClN2O2. The molecule has 1 amide bonds. The van der Waals surface area contributed by atoms with Gasteiger partial charge in [-0.25, -0.2) is 0 Å². The van der Waals surface area contributed by atoms with Gasteiger partial charge in [0.15, 0.2) is 0 Å².